The highest BCUT2D eigenvalue weighted by Crippen LogP contribution is 2.35. The van der Waals surface area contributed by atoms with E-state index in [9.17, 15) is 8.42 Å². The molecule has 0 saturated carbocycles. The van der Waals surface area contributed by atoms with Gasteiger partial charge in [-0.2, -0.15) is 4.31 Å². The summed E-state index contributed by atoms with van der Waals surface area (Å²) in [5, 5.41) is 0.164. The topological polar surface area (TPSA) is 66.1 Å². The molecule has 1 atom stereocenters. The average Bonchev–Trinajstić information content (AvgIpc) is 3.19. The van der Waals surface area contributed by atoms with Crippen LogP contribution in [0.3, 0.4) is 0 Å². The molecule has 0 amide bonds. The quantitative estimate of drug-likeness (QED) is 0.746. The van der Waals surface area contributed by atoms with E-state index in [0.29, 0.717) is 18.9 Å². The Morgan fingerprint density at radius 2 is 1.78 bits per heavy atom. The molecule has 1 aliphatic rings. The predicted molar refractivity (Wildman–Crippen MR) is 105 cm³/mol. The van der Waals surface area contributed by atoms with Crippen molar-refractivity contribution >= 4 is 10.0 Å². The fourth-order valence-electron chi connectivity index (χ4n) is 3.61. The molecule has 1 N–H and O–H groups in total. The molecule has 2 heterocycles. The van der Waals surface area contributed by atoms with Gasteiger partial charge in [0.05, 0.1) is 6.20 Å². The molecule has 2 aromatic carbocycles. The Labute approximate surface area is 160 Å². The number of nitrogens with zero attached hydrogens (tertiary/aromatic N) is 2. The number of aromatic nitrogens is 2. The zero-order valence-corrected chi connectivity index (χ0v) is 16.3. The van der Waals surface area contributed by atoms with Gasteiger partial charge in [-0.3, -0.25) is 0 Å². The highest BCUT2D eigenvalue weighted by Gasteiger charge is 2.35. The molecule has 1 unspecified atom stereocenters. The number of H-pyrrole nitrogens is 1. The standard InChI is InChI=1S/C21H23N3O2S/c1-15(2)21-22-12-20(23-21)27(25,26)24-13-17-10-6-7-11-18(17)19(14-24)16-8-4-3-5-9-16/h3-12,15,19H,13-14H2,1-2H3,(H,22,23). The molecule has 1 aromatic heterocycles. The van der Waals surface area contributed by atoms with Crippen molar-refractivity contribution in [1.82, 2.24) is 14.3 Å². The number of nitrogens with one attached hydrogen (secondary N) is 1. The van der Waals surface area contributed by atoms with Crippen LogP contribution in [-0.2, 0) is 16.6 Å². The zero-order valence-electron chi connectivity index (χ0n) is 15.5. The van der Waals surface area contributed by atoms with Gasteiger partial charge in [-0.05, 0) is 16.7 Å². The molecule has 0 fully saturated rings. The van der Waals surface area contributed by atoms with Crippen molar-refractivity contribution in [2.45, 2.75) is 37.3 Å². The molecule has 27 heavy (non-hydrogen) atoms. The van der Waals surface area contributed by atoms with Gasteiger partial charge < -0.3 is 4.98 Å². The number of rotatable bonds is 4. The third kappa shape index (κ3) is 3.31. The molecular formula is C21H23N3O2S. The van der Waals surface area contributed by atoms with Crippen LogP contribution >= 0.6 is 0 Å². The van der Waals surface area contributed by atoms with Crippen molar-refractivity contribution in [3.63, 3.8) is 0 Å². The van der Waals surface area contributed by atoms with E-state index in [1.807, 2.05) is 50.2 Å². The molecule has 0 saturated heterocycles. The second-order valence-electron chi connectivity index (χ2n) is 7.25. The Hall–Kier alpha value is -2.44. The van der Waals surface area contributed by atoms with E-state index in [0.717, 1.165) is 11.1 Å². The average molecular weight is 382 g/mol. The molecule has 0 aliphatic carbocycles. The van der Waals surface area contributed by atoms with Gasteiger partial charge in [0.25, 0.3) is 10.0 Å². The molecule has 1 aliphatic heterocycles. The fraction of sp³-hybridized carbons (Fsp3) is 0.286. The van der Waals surface area contributed by atoms with Crippen molar-refractivity contribution in [3.8, 4) is 0 Å². The maximum Gasteiger partial charge on any atom is 0.260 e. The van der Waals surface area contributed by atoms with Crippen molar-refractivity contribution in [2.75, 3.05) is 6.54 Å². The molecule has 140 valence electrons. The second kappa shape index (κ2) is 6.94. The largest absolute Gasteiger partial charge is 0.332 e. The Kier molecular flexibility index (Phi) is 4.61. The first kappa shape index (κ1) is 17.9. The Morgan fingerprint density at radius 1 is 1.07 bits per heavy atom. The van der Waals surface area contributed by atoms with E-state index in [-0.39, 0.29) is 16.9 Å². The van der Waals surface area contributed by atoms with Crippen LogP contribution in [-0.4, -0.2) is 29.2 Å². The summed E-state index contributed by atoms with van der Waals surface area (Å²) in [6, 6.07) is 18.2. The SMILES string of the molecule is CC(C)c1ncc(S(=O)(=O)N2Cc3ccccc3C(c3ccccc3)C2)[nH]1. The first-order chi connectivity index (χ1) is 13.0. The minimum atomic E-state index is -3.64. The number of fused-ring (bicyclic) bond motifs is 1. The van der Waals surface area contributed by atoms with Gasteiger partial charge in [0.2, 0.25) is 0 Å². The Bertz CT molecular complexity index is 1040. The molecule has 0 bridgehead atoms. The lowest BCUT2D eigenvalue weighted by molar-refractivity contribution is 0.370. The first-order valence-corrected chi connectivity index (χ1v) is 10.6. The third-order valence-corrected chi connectivity index (χ3v) is 6.82. The van der Waals surface area contributed by atoms with Crippen LogP contribution in [0.5, 0.6) is 0 Å². The number of imidazole rings is 1. The van der Waals surface area contributed by atoms with Crippen molar-refractivity contribution in [1.29, 1.82) is 0 Å². The molecule has 0 radical (unpaired) electrons. The lowest BCUT2D eigenvalue weighted by Gasteiger charge is -2.34. The molecule has 6 heteroatoms. The highest BCUT2D eigenvalue weighted by atomic mass is 32.2. The van der Waals surface area contributed by atoms with Gasteiger partial charge in [0.1, 0.15) is 5.82 Å². The van der Waals surface area contributed by atoms with Crippen molar-refractivity contribution < 1.29 is 8.42 Å². The van der Waals surface area contributed by atoms with Crippen LogP contribution in [0.2, 0.25) is 0 Å². The molecule has 5 nitrogen and oxygen atoms in total. The lowest BCUT2D eigenvalue weighted by Crippen LogP contribution is -2.38. The third-order valence-electron chi connectivity index (χ3n) is 5.10. The lowest BCUT2D eigenvalue weighted by atomic mass is 9.86. The normalized spacial score (nSPS) is 17.8. The molecule has 3 aromatic rings. The summed E-state index contributed by atoms with van der Waals surface area (Å²) in [7, 11) is -3.64. The van der Waals surface area contributed by atoms with Crippen LogP contribution in [0.15, 0.2) is 65.8 Å². The van der Waals surface area contributed by atoms with Gasteiger partial charge in [0.15, 0.2) is 5.03 Å². The summed E-state index contributed by atoms with van der Waals surface area (Å²) in [5.74, 6) is 0.845. The van der Waals surface area contributed by atoms with E-state index in [4.69, 9.17) is 0 Å². The van der Waals surface area contributed by atoms with E-state index in [2.05, 4.69) is 28.2 Å². The Balaban J connectivity index is 1.74. The van der Waals surface area contributed by atoms with E-state index in [1.165, 1.54) is 11.8 Å². The van der Waals surface area contributed by atoms with Crippen LogP contribution in [0.4, 0.5) is 0 Å². The first-order valence-electron chi connectivity index (χ1n) is 9.14. The summed E-state index contributed by atoms with van der Waals surface area (Å²) in [5.41, 5.74) is 3.37. The second-order valence-corrected chi connectivity index (χ2v) is 9.15. The molecule has 0 spiro atoms. The summed E-state index contributed by atoms with van der Waals surface area (Å²) >= 11 is 0. The minimum Gasteiger partial charge on any atom is -0.332 e. The Morgan fingerprint density at radius 3 is 2.48 bits per heavy atom. The van der Waals surface area contributed by atoms with Crippen LogP contribution in [0.25, 0.3) is 0 Å². The molecule has 4 rings (SSSR count). The van der Waals surface area contributed by atoms with Gasteiger partial charge in [0, 0.05) is 24.9 Å². The van der Waals surface area contributed by atoms with E-state index < -0.39 is 10.0 Å². The number of hydrogen-bond acceptors (Lipinski definition) is 3. The van der Waals surface area contributed by atoms with Gasteiger partial charge in [-0.15, -0.1) is 0 Å². The maximum atomic E-state index is 13.3. The summed E-state index contributed by atoms with van der Waals surface area (Å²) in [6.45, 7) is 4.76. The van der Waals surface area contributed by atoms with Crippen molar-refractivity contribution in [2.24, 2.45) is 0 Å². The van der Waals surface area contributed by atoms with E-state index in [1.54, 1.807) is 4.31 Å². The summed E-state index contributed by atoms with van der Waals surface area (Å²) < 4.78 is 28.1. The van der Waals surface area contributed by atoms with Crippen LogP contribution < -0.4 is 0 Å². The summed E-state index contributed by atoms with van der Waals surface area (Å²) in [6.07, 6.45) is 1.43. The van der Waals surface area contributed by atoms with Gasteiger partial charge >= 0.3 is 0 Å². The zero-order chi connectivity index (χ0) is 19.0. The smallest absolute Gasteiger partial charge is 0.260 e. The van der Waals surface area contributed by atoms with Crippen LogP contribution in [0, 0.1) is 0 Å². The minimum absolute atomic E-state index is 0.0124. The monoisotopic (exact) mass is 381 g/mol. The fourth-order valence-corrected chi connectivity index (χ4v) is 4.96. The van der Waals surface area contributed by atoms with Crippen molar-refractivity contribution in [3.05, 3.63) is 83.3 Å². The van der Waals surface area contributed by atoms with E-state index >= 15 is 0 Å². The maximum absolute atomic E-state index is 13.3. The number of aromatic amines is 1. The number of hydrogen-bond donors (Lipinski definition) is 1. The molecular weight excluding hydrogens is 358 g/mol. The predicted octanol–water partition coefficient (Wildman–Crippen LogP) is 3.87. The van der Waals surface area contributed by atoms with Crippen LogP contribution in [0.1, 0.15) is 48.2 Å². The van der Waals surface area contributed by atoms with Gasteiger partial charge in [-0.25, -0.2) is 13.4 Å². The van der Waals surface area contributed by atoms with Gasteiger partial charge in [-0.1, -0.05) is 68.4 Å². The highest BCUT2D eigenvalue weighted by molar-refractivity contribution is 7.89. The summed E-state index contributed by atoms with van der Waals surface area (Å²) in [4.78, 5) is 7.22. The number of benzene rings is 2. The number of sulfonamides is 1.